The summed E-state index contributed by atoms with van der Waals surface area (Å²) >= 11 is 0. The van der Waals surface area contributed by atoms with E-state index in [1.54, 1.807) is 0 Å². The van der Waals surface area contributed by atoms with Crippen molar-refractivity contribution in [1.29, 1.82) is 5.26 Å². The third-order valence-corrected chi connectivity index (χ3v) is 7.78. The van der Waals surface area contributed by atoms with E-state index in [9.17, 15) is 4.79 Å². The predicted octanol–water partition coefficient (Wildman–Crippen LogP) is 4.00. The number of piperazine rings is 1. The maximum absolute atomic E-state index is 13.1. The number of fused-ring (bicyclic) bond motifs is 1. The van der Waals surface area contributed by atoms with E-state index in [-0.39, 0.29) is 17.7 Å². The summed E-state index contributed by atoms with van der Waals surface area (Å²) in [6, 6.07) is 15.2. The minimum Gasteiger partial charge on any atom is -0.384 e. The summed E-state index contributed by atoms with van der Waals surface area (Å²) in [5.74, 6) is 0.497. The molecule has 3 heterocycles. The van der Waals surface area contributed by atoms with Crippen molar-refractivity contribution < 1.29 is 4.79 Å². The molecule has 1 amide bonds. The molecule has 5 rings (SSSR count). The number of nitrogens with zero attached hydrogens (tertiary/aromatic N) is 5. The zero-order valence-electron chi connectivity index (χ0n) is 21.7. The zero-order chi connectivity index (χ0) is 25.6. The molecule has 0 unspecified atom stereocenters. The van der Waals surface area contributed by atoms with Crippen LogP contribution in [0.5, 0.6) is 0 Å². The number of hydrogen-bond acceptors (Lipinski definition) is 6. The van der Waals surface area contributed by atoms with E-state index in [0.717, 1.165) is 99.5 Å². The normalized spacial score (nSPS) is 20.1. The number of likely N-dealkylation sites (N-methyl/N-ethyl adjacent to an activating group) is 1. The summed E-state index contributed by atoms with van der Waals surface area (Å²) in [7, 11) is 0. The Labute approximate surface area is 219 Å². The number of nitriles is 1. The molecular weight excluding hydrogens is 462 g/mol. The van der Waals surface area contributed by atoms with Gasteiger partial charge in [0.05, 0.1) is 17.3 Å². The van der Waals surface area contributed by atoms with Gasteiger partial charge in [-0.05, 0) is 62.1 Å². The first-order valence-corrected chi connectivity index (χ1v) is 13.6. The predicted molar refractivity (Wildman–Crippen MR) is 148 cm³/mol. The van der Waals surface area contributed by atoms with Crippen LogP contribution >= 0.6 is 0 Å². The van der Waals surface area contributed by atoms with Crippen molar-refractivity contribution in [3.63, 3.8) is 0 Å². The molecule has 8 heteroatoms. The molecule has 37 heavy (non-hydrogen) atoms. The Kier molecular flexibility index (Phi) is 7.90. The number of amides is 1. The number of anilines is 2. The fourth-order valence-electron chi connectivity index (χ4n) is 5.57. The Morgan fingerprint density at radius 3 is 2.49 bits per heavy atom. The Morgan fingerprint density at radius 1 is 1.03 bits per heavy atom. The zero-order valence-corrected chi connectivity index (χ0v) is 21.7. The maximum Gasteiger partial charge on any atom is 0.225 e. The molecule has 2 aliphatic rings. The van der Waals surface area contributed by atoms with Gasteiger partial charge in [0.15, 0.2) is 0 Å². The molecular formula is C29H37N7O. The van der Waals surface area contributed by atoms with Crippen molar-refractivity contribution in [2.45, 2.75) is 32.6 Å². The number of benzene rings is 1. The summed E-state index contributed by atoms with van der Waals surface area (Å²) < 4.78 is 1.96. The highest BCUT2D eigenvalue weighted by molar-refractivity contribution is 5.81. The van der Waals surface area contributed by atoms with E-state index in [0.29, 0.717) is 0 Å². The number of nitrogens with one attached hydrogen (secondary N) is 2. The molecule has 1 saturated heterocycles. The van der Waals surface area contributed by atoms with Crippen LogP contribution in [0.1, 0.15) is 32.6 Å². The molecule has 1 saturated carbocycles. The summed E-state index contributed by atoms with van der Waals surface area (Å²) in [6.45, 7) is 8.05. The third-order valence-electron chi connectivity index (χ3n) is 7.78. The Balaban J connectivity index is 1.22. The van der Waals surface area contributed by atoms with Gasteiger partial charge in [-0.2, -0.15) is 10.4 Å². The molecule has 0 radical (unpaired) electrons. The van der Waals surface area contributed by atoms with Crippen LogP contribution in [0, 0.1) is 23.2 Å². The number of aromatic nitrogens is 2. The Morgan fingerprint density at radius 2 is 1.78 bits per heavy atom. The van der Waals surface area contributed by atoms with Gasteiger partial charge in [0, 0.05) is 74.7 Å². The second-order valence-electron chi connectivity index (χ2n) is 10.1. The highest BCUT2D eigenvalue weighted by atomic mass is 16.2. The van der Waals surface area contributed by atoms with Gasteiger partial charge >= 0.3 is 0 Å². The SMILES string of the molecule is CCNCCNc1ccc(-c2cc3c(N4CCN(C(=O)C5CCC(C#N)CC5)CC4)ccnn3c2)cc1. The minimum atomic E-state index is 0.0894. The van der Waals surface area contributed by atoms with Crippen LogP contribution in [0.4, 0.5) is 11.4 Å². The molecule has 0 atom stereocenters. The second-order valence-corrected chi connectivity index (χ2v) is 10.1. The lowest BCUT2D eigenvalue weighted by molar-refractivity contribution is -0.137. The van der Waals surface area contributed by atoms with Gasteiger partial charge in [0.25, 0.3) is 0 Å². The van der Waals surface area contributed by atoms with Crippen molar-refractivity contribution >= 4 is 22.8 Å². The summed E-state index contributed by atoms with van der Waals surface area (Å²) in [4.78, 5) is 17.5. The lowest BCUT2D eigenvalue weighted by Crippen LogP contribution is -2.50. The molecule has 194 valence electrons. The highest BCUT2D eigenvalue weighted by Crippen LogP contribution is 2.32. The fraction of sp³-hybridized carbons (Fsp3) is 0.483. The lowest BCUT2D eigenvalue weighted by atomic mass is 9.82. The molecule has 1 aromatic carbocycles. The number of rotatable bonds is 8. The Hall–Kier alpha value is -3.57. The highest BCUT2D eigenvalue weighted by Gasteiger charge is 2.31. The molecule has 3 aromatic rings. The summed E-state index contributed by atoms with van der Waals surface area (Å²) in [6.07, 6.45) is 7.35. The monoisotopic (exact) mass is 499 g/mol. The largest absolute Gasteiger partial charge is 0.384 e. The Bertz CT molecular complexity index is 1230. The first kappa shape index (κ1) is 25.1. The second kappa shape index (κ2) is 11.7. The molecule has 0 bridgehead atoms. The molecule has 2 aromatic heterocycles. The smallest absolute Gasteiger partial charge is 0.225 e. The lowest BCUT2D eigenvalue weighted by Gasteiger charge is -2.38. The topological polar surface area (TPSA) is 88.7 Å². The quantitative estimate of drug-likeness (QED) is 0.456. The van der Waals surface area contributed by atoms with Crippen LogP contribution in [0.25, 0.3) is 16.6 Å². The van der Waals surface area contributed by atoms with E-state index in [1.807, 2.05) is 15.6 Å². The standard InChI is InChI=1S/C29H37N7O/c1-2-31-13-14-32-26-9-7-23(8-10-26)25-19-28-27(11-12-33-36(28)21-25)34-15-17-35(18-16-34)29(37)24-5-3-22(20-30)4-6-24/h7-12,19,21-22,24,31-32H,2-6,13-18H2,1H3. The van der Waals surface area contributed by atoms with Crippen LogP contribution in [-0.2, 0) is 4.79 Å². The minimum absolute atomic E-state index is 0.0894. The average molecular weight is 500 g/mol. The van der Waals surface area contributed by atoms with Gasteiger partial charge in [-0.15, -0.1) is 0 Å². The van der Waals surface area contributed by atoms with Crippen LogP contribution in [-0.4, -0.2) is 66.2 Å². The number of carbonyl (C=O) groups is 1. The van der Waals surface area contributed by atoms with Gasteiger partial charge in [0.1, 0.15) is 0 Å². The van der Waals surface area contributed by atoms with Crippen LogP contribution < -0.4 is 15.5 Å². The first-order chi connectivity index (χ1) is 18.2. The molecule has 8 nitrogen and oxygen atoms in total. The van der Waals surface area contributed by atoms with Gasteiger partial charge < -0.3 is 20.4 Å². The van der Waals surface area contributed by atoms with Crippen molar-refractivity contribution in [2.24, 2.45) is 11.8 Å². The summed E-state index contributed by atoms with van der Waals surface area (Å²) in [5, 5.41) is 20.5. The van der Waals surface area contributed by atoms with Crippen LogP contribution in [0.15, 0.2) is 48.8 Å². The fourth-order valence-corrected chi connectivity index (χ4v) is 5.57. The van der Waals surface area contributed by atoms with Crippen molar-refractivity contribution in [2.75, 3.05) is 56.0 Å². The first-order valence-electron chi connectivity index (χ1n) is 13.6. The van der Waals surface area contributed by atoms with Gasteiger partial charge in [-0.1, -0.05) is 19.1 Å². The third kappa shape index (κ3) is 5.72. The van der Waals surface area contributed by atoms with Gasteiger partial charge in [0.2, 0.25) is 5.91 Å². The van der Waals surface area contributed by atoms with Crippen LogP contribution in [0.3, 0.4) is 0 Å². The molecule has 2 N–H and O–H groups in total. The van der Waals surface area contributed by atoms with E-state index >= 15 is 0 Å². The van der Waals surface area contributed by atoms with E-state index < -0.39 is 0 Å². The van der Waals surface area contributed by atoms with Crippen molar-refractivity contribution in [1.82, 2.24) is 19.8 Å². The van der Waals surface area contributed by atoms with Crippen molar-refractivity contribution in [3.05, 3.63) is 48.8 Å². The van der Waals surface area contributed by atoms with Crippen molar-refractivity contribution in [3.8, 4) is 17.2 Å². The van der Waals surface area contributed by atoms with E-state index in [2.05, 4.69) is 76.2 Å². The van der Waals surface area contributed by atoms with Crippen LogP contribution in [0.2, 0.25) is 0 Å². The molecule has 1 aliphatic carbocycles. The summed E-state index contributed by atoms with van der Waals surface area (Å²) in [5.41, 5.74) is 5.66. The number of carbonyl (C=O) groups excluding carboxylic acids is 1. The average Bonchev–Trinajstić information content (AvgIpc) is 3.40. The van der Waals surface area contributed by atoms with E-state index in [1.165, 1.54) is 0 Å². The molecule has 0 spiro atoms. The maximum atomic E-state index is 13.1. The molecule has 1 aliphatic heterocycles. The molecule has 2 fully saturated rings. The number of hydrogen-bond donors (Lipinski definition) is 2. The van der Waals surface area contributed by atoms with E-state index in [4.69, 9.17) is 5.26 Å². The van der Waals surface area contributed by atoms with Gasteiger partial charge in [-0.3, -0.25) is 4.79 Å². The van der Waals surface area contributed by atoms with Gasteiger partial charge in [-0.25, -0.2) is 4.52 Å².